The number of hydrogen-bond acceptors (Lipinski definition) is 2. The number of halogens is 1. The molecule has 1 aliphatic heterocycles. The van der Waals surface area contributed by atoms with E-state index >= 15 is 0 Å². The lowest BCUT2D eigenvalue weighted by atomic mass is 9.90. The van der Waals surface area contributed by atoms with E-state index in [9.17, 15) is 5.11 Å². The molecule has 1 aliphatic rings. The fraction of sp³-hybridized carbons (Fsp3) is 0.294. The molecule has 1 N–H and O–H groups in total. The number of aliphatic hydroxyl groups excluding tert-OH is 1. The van der Waals surface area contributed by atoms with E-state index in [2.05, 4.69) is 48.0 Å². The van der Waals surface area contributed by atoms with Crippen molar-refractivity contribution in [1.82, 2.24) is 0 Å². The van der Waals surface area contributed by atoms with Crippen LogP contribution in [0.15, 0.2) is 40.9 Å². The van der Waals surface area contributed by atoms with Gasteiger partial charge < -0.3 is 9.84 Å². The molecule has 2 atom stereocenters. The van der Waals surface area contributed by atoms with Crippen molar-refractivity contribution in [2.75, 3.05) is 0 Å². The summed E-state index contributed by atoms with van der Waals surface area (Å²) >= 11 is 3.45. The highest BCUT2D eigenvalue weighted by Gasteiger charge is 2.29. The zero-order chi connectivity index (χ0) is 14.3. The van der Waals surface area contributed by atoms with Crippen molar-refractivity contribution in [3.63, 3.8) is 0 Å². The molecule has 0 radical (unpaired) electrons. The first kappa shape index (κ1) is 13.7. The van der Waals surface area contributed by atoms with E-state index < -0.39 is 6.10 Å². The molecule has 0 amide bonds. The molecule has 2 unspecified atom stereocenters. The number of rotatable bonds is 1. The predicted octanol–water partition coefficient (Wildman–Crippen LogP) is 4.62. The summed E-state index contributed by atoms with van der Waals surface area (Å²) in [5.74, 6) is 0.769. The maximum atomic E-state index is 10.4. The molecule has 2 aromatic carbocycles. The lowest BCUT2D eigenvalue weighted by molar-refractivity contribution is 0.0651. The van der Waals surface area contributed by atoms with Gasteiger partial charge in [-0.25, -0.2) is 0 Å². The van der Waals surface area contributed by atoms with Gasteiger partial charge in [-0.15, -0.1) is 0 Å². The maximum Gasteiger partial charge on any atom is 0.127 e. The number of aryl methyl sites for hydroxylation is 2. The molecule has 0 bridgehead atoms. The fourth-order valence-electron chi connectivity index (χ4n) is 2.93. The van der Waals surface area contributed by atoms with Gasteiger partial charge >= 0.3 is 0 Å². The Balaban J connectivity index is 2.03. The van der Waals surface area contributed by atoms with E-state index in [0.29, 0.717) is 6.42 Å². The van der Waals surface area contributed by atoms with Crippen LogP contribution in [-0.2, 0) is 0 Å². The number of fused-ring (bicyclic) bond motifs is 1. The number of benzene rings is 2. The van der Waals surface area contributed by atoms with Crippen molar-refractivity contribution in [1.29, 1.82) is 0 Å². The van der Waals surface area contributed by atoms with Crippen molar-refractivity contribution >= 4 is 15.9 Å². The second kappa shape index (κ2) is 5.23. The molecule has 0 spiro atoms. The summed E-state index contributed by atoms with van der Waals surface area (Å²) < 4.78 is 7.10. The van der Waals surface area contributed by atoms with Crippen LogP contribution in [0.2, 0.25) is 0 Å². The van der Waals surface area contributed by atoms with E-state index in [1.54, 1.807) is 0 Å². The first-order chi connectivity index (χ1) is 9.56. The average Bonchev–Trinajstić information content (AvgIpc) is 2.38. The average molecular weight is 333 g/mol. The Bertz CT molecular complexity index is 631. The third kappa shape index (κ3) is 2.36. The minimum absolute atomic E-state index is 0.0898. The maximum absolute atomic E-state index is 10.4. The van der Waals surface area contributed by atoms with Crippen LogP contribution in [-0.4, -0.2) is 5.11 Å². The Labute approximate surface area is 127 Å². The highest BCUT2D eigenvalue weighted by Crippen LogP contribution is 2.43. The molecular weight excluding hydrogens is 316 g/mol. The summed E-state index contributed by atoms with van der Waals surface area (Å²) in [6, 6.07) is 12.0. The molecule has 0 saturated heterocycles. The van der Waals surface area contributed by atoms with E-state index in [4.69, 9.17) is 4.74 Å². The summed E-state index contributed by atoms with van der Waals surface area (Å²) in [6.45, 7) is 4.18. The van der Waals surface area contributed by atoms with Crippen LogP contribution in [0.3, 0.4) is 0 Å². The van der Waals surface area contributed by atoms with Crippen LogP contribution in [0.25, 0.3) is 0 Å². The molecule has 0 fully saturated rings. The van der Waals surface area contributed by atoms with E-state index in [-0.39, 0.29) is 6.10 Å². The van der Waals surface area contributed by atoms with Crippen LogP contribution in [0.4, 0.5) is 0 Å². The number of hydrogen-bond donors (Lipinski definition) is 1. The van der Waals surface area contributed by atoms with Gasteiger partial charge in [-0.2, -0.15) is 0 Å². The van der Waals surface area contributed by atoms with Gasteiger partial charge in [-0.05, 0) is 42.7 Å². The molecule has 3 heteroatoms. The fourth-order valence-corrected chi connectivity index (χ4v) is 3.27. The third-order valence-corrected chi connectivity index (χ3v) is 4.40. The van der Waals surface area contributed by atoms with Gasteiger partial charge in [0.15, 0.2) is 0 Å². The minimum atomic E-state index is -0.476. The Kier molecular flexibility index (Phi) is 3.57. The topological polar surface area (TPSA) is 29.5 Å². The van der Waals surface area contributed by atoms with Crippen LogP contribution in [0.5, 0.6) is 5.75 Å². The zero-order valence-electron chi connectivity index (χ0n) is 11.6. The predicted molar refractivity (Wildman–Crippen MR) is 83.0 cm³/mol. The monoisotopic (exact) mass is 332 g/mol. The van der Waals surface area contributed by atoms with Gasteiger partial charge in [0.05, 0.1) is 6.10 Å². The lowest BCUT2D eigenvalue weighted by Gasteiger charge is -2.31. The molecule has 0 aliphatic carbocycles. The Morgan fingerprint density at radius 3 is 2.55 bits per heavy atom. The van der Waals surface area contributed by atoms with Gasteiger partial charge in [-0.1, -0.05) is 40.2 Å². The number of ether oxygens (including phenoxy) is 1. The molecule has 2 nitrogen and oxygen atoms in total. The van der Waals surface area contributed by atoms with Crippen molar-refractivity contribution in [2.24, 2.45) is 0 Å². The molecule has 20 heavy (non-hydrogen) atoms. The zero-order valence-corrected chi connectivity index (χ0v) is 13.1. The van der Waals surface area contributed by atoms with Gasteiger partial charge in [0.2, 0.25) is 0 Å². The largest absolute Gasteiger partial charge is 0.485 e. The Hall–Kier alpha value is -1.32. The number of aliphatic hydroxyl groups is 1. The second-order valence-corrected chi connectivity index (χ2v) is 6.26. The van der Waals surface area contributed by atoms with Crippen LogP contribution in [0.1, 0.15) is 40.9 Å². The Morgan fingerprint density at radius 1 is 1.15 bits per heavy atom. The van der Waals surface area contributed by atoms with Gasteiger partial charge in [0.25, 0.3) is 0 Å². The van der Waals surface area contributed by atoms with Gasteiger partial charge in [0.1, 0.15) is 11.9 Å². The Morgan fingerprint density at radius 2 is 1.85 bits per heavy atom. The molecule has 3 rings (SSSR count). The summed E-state index contributed by atoms with van der Waals surface area (Å²) in [7, 11) is 0. The van der Waals surface area contributed by atoms with Crippen LogP contribution >= 0.6 is 15.9 Å². The second-order valence-electron chi connectivity index (χ2n) is 5.35. The molecule has 0 saturated carbocycles. The lowest BCUT2D eigenvalue weighted by Crippen LogP contribution is -2.20. The van der Waals surface area contributed by atoms with Crippen molar-refractivity contribution < 1.29 is 9.84 Å². The molecular formula is C17H17BrO2. The van der Waals surface area contributed by atoms with Crippen molar-refractivity contribution in [2.45, 2.75) is 32.5 Å². The first-order valence-corrected chi connectivity index (χ1v) is 7.56. The molecule has 2 aromatic rings. The minimum Gasteiger partial charge on any atom is -0.485 e. The molecule has 104 valence electrons. The summed E-state index contributed by atoms with van der Waals surface area (Å²) in [5.41, 5.74) is 4.48. The van der Waals surface area contributed by atoms with E-state index in [0.717, 1.165) is 15.8 Å². The molecule has 0 aromatic heterocycles. The van der Waals surface area contributed by atoms with Crippen molar-refractivity contribution in [3.05, 3.63) is 63.1 Å². The van der Waals surface area contributed by atoms with E-state index in [1.807, 2.05) is 18.2 Å². The quantitative estimate of drug-likeness (QED) is 0.825. The normalized spacial score (nSPS) is 21.2. The van der Waals surface area contributed by atoms with Crippen LogP contribution in [0, 0.1) is 13.8 Å². The third-order valence-electron chi connectivity index (χ3n) is 3.91. The van der Waals surface area contributed by atoms with Gasteiger partial charge in [-0.3, -0.25) is 0 Å². The van der Waals surface area contributed by atoms with Crippen LogP contribution < -0.4 is 4.74 Å². The molecule has 1 heterocycles. The van der Waals surface area contributed by atoms with Gasteiger partial charge in [0, 0.05) is 16.5 Å². The first-order valence-electron chi connectivity index (χ1n) is 6.76. The summed E-state index contributed by atoms with van der Waals surface area (Å²) in [4.78, 5) is 0. The standard InChI is InChI=1S/C17H17BrO2/c1-10-4-3-5-11(2)17(10)16-9-14(19)13-7-6-12(18)8-15(13)20-16/h3-8,14,16,19H,9H2,1-2H3. The van der Waals surface area contributed by atoms with E-state index in [1.165, 1.54) is 16.7 Å². The SMILES string of the molecule is Cc1cccc(C)c1C1CC(O)c2ccc(Br)cc2O1. The summed E-state index contributed by atoms with van der Waals surface area (Å²) in [6.07, 6.45) is 0.0317. The smallest absolute Gasteiger partial charge is 0.127 e. The summed E-state index contributed by atoms with van der Waals surface area (Å²) in [5, 5.41) is 10.4. The highest BCUT2D eigenvalue weighted by atomic mass is 79.9. The van der Waals surface area contributed by atoms with Crippen molar-refractivity contribution in [3.8, 4) is 5.75 Å². The highest BCUT2D eigenvalue weighted by molar-refractivity contribution is 9.10.